The van der Waals surface area contributed by atoms with Gasteiger partial charge in [-0.05, 0) is 20.8 Å². The van der Waals surface area contributed by atoms with E-state index >= 15 is 0 Å². The summed E-state index contributed by atoms with van der Waals surface area (Å²) in [7, 11) is 0. The second-order valence-electron chi connectivity index (χ2n) is 3.26. The van der Waals surface area contributed by atoms with Crippen LogP contribution in [0.5, 0.6) is 0 Å². The van der Waals surface area contributed by atoms with E-state index in [0.29, 0.717) is 12.4 Å². The van der Waals surface area contributed by atoms with Crippen LogP contribution in [-0.4, -0.2) is 21.2 Å². The molecule has 0 aliphatic carbocycles. The number of aryl methyl sites for hydroxylation is 2. The number of rotatable bonds is 3. The van der Waals surface area contributed by atoms with Crippen LogP contribution in [0.4, 0.5) is 5.95 Å². The summed E-state index contributed by atoms with van der Waals surface area (Å²) in [6.07, 6.45) is 5.84. The van der Waals surface area contributed by atoms with Crippen molar-refractivity contribution in [1.29, 1.82) is 0 Å². The molecule has 4 nitrogen and oxygen atoms in total. The average Bonchev–Trinajstić information content (AvgIpc) is 2.12. The maximum Gasteiger partial charge on any atom is 0.243 e. The summed E-state index contributed by atoms with van der Waals surface area (Å²) in [6, 6.07) is 0.170. The van der Waals surface area contributed by atoms with Gasteiger partial charge in [0, 0.05) is 12.5 Å². The van der Waals surface area contributed by atoms with Gasteiger partial charge in [-0.25, -0.2) is 4.98 Å². The van der Waals surface area contributed by atoms with Gasteiger partial charge < -0.3 is 5.32 Å². The Bertz CT molecular complexity index is 354. The molecule has 1 rings (SSSR count). The molecular formula is C10H14N4. The molecular weight excluding hydrogens is 176 g/mol. The minimum Gasteiger partial charge on any atom is -0.350 e. The highest BCUT2D eigenvalue weighted by Gasteiger charge is 2.04. The van der Waals surface area contributed by atoms with E-state index < -0.39 is 0 Å². The predicted octanol–water partition coefficient (Wildman–Crippen LogP) is 1.31. The minimum absolute atomic E-state index is 0.170. The van der Waals surface area contributed by atoms with Crippen LogP contribution in [0.1, 0.15) is 24.7 Å². The molecule has 74 valence electrons. The first kappa shape index (κ1) is 10.5. The fourth-order valence-electron chi connectivity index (χ4n) is 0.966. The summed E-state index contributed by atoms with van der Waals surface area (Å²) in [5.41, 5.74) is 1.73. The number of hydrogen-bond acceptors (Lipinski definition) is 4. The van der Waals surface area contributed by atoms with Crippen LogP contribution >= 0.6 is 0 Å². The Kier molecular flexibility index (Phi) is 3.41. The minimum atomic E-state index is 0.170. The van der Waals surface area contributed by atoms with Crippen LogP contribution in [0.25, 0.3) is 0 Å². The SMILES string of the molecule is C#CCC(C)Nc1nnc(C)c(C)n1. The van der Waals surface area contributed by atoms with Crippen molar-refractivity contribution in [3.05, 3.63) is 11.4 Å². The van der Waals surface area contributed by atoms with Crippen molar-refractivity contribution in [3.63, 3.8) is 0 Å². The zero-order valence-electron chi connectivity index (χ0n) is 8.70. The molecule has 0 amide bonds. The van der Waals surface area contributed by atoms with Gasteiger partial charge in [-0.1, -0.05) is 0 Å². The molecule has 1 N–H and O–H groups in total. The van der Waals surface area contributed by atoms with Gasteiger partial charge in [0.15, 0.2) is 0 Å². The van der Waals surface area contributed by atoms with E-state index in [1.54, 1.807) is 0 Å². The Morgan fingerprint density at radius 3 is 2.64 bits per heavy atom. The van der Waals surface area contributed by atoms with Crippen molar-refractivity contribution in [2.75, 3.05) is 5.32 Å². The van der Waals surface area contributed by atoms with Crippen molar-refractivity contribution >= 4 is 5.95 Å². The molecule has 0 bridgehead atoms. The van der Waals surface area contributed by atoms with Gasteiger partial charge in [-0.15, -0.1) is 17.4 Å². The maximum atomic E-state index is 5.19. The van der Waals surface area contributed by atoms with E-state index in [4.69, 9.17) is 6.42 Å². The van der Waals surface area contributed by atoms with Crippen molar-refractivity contribution in [2.45, 2.75) is 33.2 Å². The summed E-state index contributed by atoms with van der Waals surface area (Å²) in [4.78, 5) is 4.24. The number of terminal acetylenes is 1. The van der Waals surface area contributed by atoms with Crippen LogP contribution in [0, 0.1) is 26.2 Å². The normalized spacial score (nSPS) is 11.9. The molecule has 1 aromatic rings. The topological polar surface area (TPSA) is 50.7 Å². The molecule has 0 saturated carbocycles. The van der Waals surface area contributed by atoms with Crippen LogP contribution in [0.3, 0.4) is 0 Å². The largest absolute Gasteiger partial charge is 0.350 e. The number of aromatic nitrogens is 3. The highest BCUT2D eigenvalue weighted by Crippen LogP contribution is 2.04. The van der Waals surface area contributed by atoms with Gasteiger partial charge in [0.2, 0.25) is 5.95 Å². The molecule has 1 heterocycles. The van der Waals surface area contributed by atoms with Crippen molar-refractivity contribution in [3.8, 4) is 12.3 Å². The summed E-state index contributed by atoms with van der Waals surface area (Å²) < 4.78 is 0. The van der Waals surface area contributed by atoms with Gasteiger partial charge in [0.05, 0.1) is 11.4 Å². The fraction of sp³-hybridized carbons (Fsp3) is 0.500. The smallest absolute Gasteiger partial charge is 0.243 e. The van der Waals surface area contributed by atoms with E-state index in [1.165, 1.54) is 0 Å². The van der Waals surface area contributed by atoms with E-state index in [9.17, 15) is 0 Å². The Balaban J connectivity index is 2.69. The van der Waals surface area contributed by atoms with Crippen LogP contribution in [0.2, 0.25) is 0 Å². The first-order valence-corrected chi connectivity index (χ1v) is 4.51. The van der Waals surface area contributed by atoms with Crippen molar-refractivity contribution in [1.82, 2.24) is 15.2 Å². The second kappa shape index (κ2) is 4.56. The summed E-state index contributed by atoms with van der Waals surface area (Å²) in [6.45, 7) is 5.77. The van der Waals surface area contributed by atoms with Crippen LogP contribution in [-0.2, 0) is 0 Å². The molecule has 14 heavy (non-hydrogen) atoms. The average molecular weight is 190 g/mol. The summed E-state index contributed by atoms with van der Waals surface area (Å²) in [5.74, 6) is 3.11. The number of anilines is 1. The Morgan fingerprint density at radius 1 is 1.36 bits per heavy atom. The quantitative estimate of drug-likeness (QED) is 0.730. The third-order valence-electron chi connectivity index (χ3n) is 1.89. The summed E-state index contributed by atoms with van der Waals surface area (Å²) in [5, 5.41) is 11.0. The van der Waals surface area contributed by atoms with E-state index in [1.807, 2.05) is 20.8 Å². The lowest BCUT2D eigenvalue weighted by Gasteiger charge is -2.10. The maximum absolute atomic E-state index is 5.19. The third kappa shape index (κ3) is 2.70. The Morgan fingerprint density at radius 2 is 2.07 bits per heavy atom. The number of nitrogens with zero attached hydrogens (tertiary/aromatic N) is 3. The molecule has 0 radical (unpaired) electrons. The standard InChI is InChI=1S/C10H14N4/c1-5-6-7(2)11-10-12-8(3)9(4)13-14-10/h1,7H,6H2,2-4H3,(H,11,12,14). The second-order valence-corrected chi connectivity index (χ2v) is 3.26. The molecule has 1 atom stereocenters. The highest BCUT2D eigenvalue weighted by atomic mass is 15.2. The lowest BCUT2D eigenvalue weighted by molar-refractivity contribution is 0.789. The van der Waals surface area contributed by atoms with Gasteiger partial charge >= 0.3 is 0 Å². The molecule has 1 unspecified atom stereocenters. The molecule has 0 spiro atoms. The van der Waals surface area contributed by atoms with Crippen LogP contribution < -0.4 is 5.32 Å². The number of hydrogen-bond donors (Lipinski definition) is 1. The molecule has 0 saturated heterocycles. The fourth-order valence-corrected chi connectivity index (χ4v) is 0.966. The Labute approximate surface area is 84.2 Å². The molecule has 4 heteroatoms. The highest BCUT2D eigenvalue weighted by molar-refractivity contribution is 5.26. The third-order valence-corrected chi connectivity index (χ3v) is 1.89. The van der Waals surface area contributed by atoms with E-state index in [2.05, 4.69) is 26.4 Å². The lowest BCUT2D eigenvalue weighted by atomic mass is 10.2. The molecule has 0 aliphatic rings. The van der Waals surface area contributed by atoms with E-state index in [-0.39, 0.29) is 6.04 Å². The van der Waals surface area contributed by atoms with Crippen molar-refractivity contribution in [2.24, 2.45) is 0 Å². The van der Waals surface area contributed by atoms with Crippen molar-refractivity contribution < 1.29 is 0 Å². The molecule has 0 aromatic carbocycles. The van der Waals surface area contributed by atoms with Gasteiger partial charge in [0.25, 0.3) is 0 Å². The molecule has 1 aromatic heterocycles. The predicted molar refractivity (Wildman–Crippen MR) is 55.8 cm³/mol. The van der Waals surface area contributed by atoms with Gasteiger partial charge in [-0.2, -0.15) is 5.10 Å². The van der Waals surface area contributed by atoms with Gasteiger partial charge in [0.1, 0.15) is 0 Å². The Hall–Kier alpha value is -1.63. The number of nitrogens with one attached hydrogen (secondary N) is 1. The molecule has 0 aliphatic heterocycles. The van der Waals surface area contributed by atoms with E-state index in [0.717, 1.165) is 11.4 Å². The zero-order valence-corrected chi connectivity index (χ0v) is 8.70. The van der Waals surface area contributed by atoms with Crippen LogP contribution in [0.15, 0.2) is 0 Å². The monoisotopic (exact) mass is 190 g/mol. The first-order valence-electron chi connectivity index (χ1n) is 4.51. The zero-order chi connectivity index (χ0) is 10.6. The van der Waals surface area contributed by atoms with Gasteiger partial charge in [-0.3, -0.25) is 0 Å². The summed E-state index contributed by atoms with van der Waals surface area (Å²) >= 11 is 0. The first-order chi connectivity index (χ1) is 6.63. The lowest BCUT2D eigenvalue weighted by Crippen LogP contribution is -2.17. The molecule has 0 fully saturated rings.